The van der Waals surface area contributed by atoms with Crippen LogP contribution in [0.4, 0.5) is 0 Å². The normalized spacial score (nSPS) is 30.2. The van der Waals surface area contributed by atoms with E-state index >= 15 is 0 Å². The fourth-order valence-electron chi connectivity index (χ4n) is 4.10. The summed E-state index contributed by atoms with van der Waals surface area (Å²) in [5, 5.41) is 4.91. The molecular weight excluding hydrogens is 276 g/mol. The molecule has 2 aliphatic carbocycles. The summed E-state index contributed by atoms with van der Waals surface area (Å²) in [5.41, 5.74) is 1.88. The summed E-state index contributed by atoms with van der Waals surface area (Å²) in [6.45, 7) is 7.20. The average molecular weight is 307 g/mol. The molecule has 118 valence electrons. The number of aromatic nitrogens is 1. The van der Waals surface area contributed by atoms with Gasteiger partial charge in [-0.3, -0.25) is 0 Å². The van der Waals surface area contributed by atoms with E-state index in [9.17, 15) is 0 Å². The highest BCUT2D eigenvalue weighted by molar-refractivity contribution is 7.12. The van der Waals surface area contributed by atoms with Gasteiger partial charge in [-0.25, -0.2) is 4.98 Å². The van der Waals surface area contributed by atoms with Gasteiger partial charge in [0.15, 0.2) is 0 Å². The highest BCUT2D eigenvalue weighted by Gasteiger charge is 2.32. The molecule has 3 heteroatoms. The first-order valence-electron chi connectivity index (χ1n) is 8.65. The monoisotopic (exact) mass is 306 g/mol. The molecule has 1 saturated carbocycles. The average Bonchev–Trinajstić information content (AvgIpc) is 2.90. The minimum Gasteiger partial charge on any atom is -0.312 e. The van der Waals surface area contributed by atoms with E-state index in [2.05, 4.69) is 33.1 Å². The van der Waals surface area contributed by atoms with Crippen molar-refractivity contribution < 1.29 is 0 Å². The van der Waals surface area contributed by atoms with Crippen LogP contribution in [0.3, 0.4) is 0 Å². The number of aryl methyl sites for hydroxylation is 1. The van der Waals surface area contributed by atoms with Gasteiger partial charge < -0.3 is 5.32 Å². The van der Waals surface area contributed by atoms with Gasteiger partial charge in [0.1, 0.15) is 0 Å². The molecule has 0 spiro atoms. The van der Waals surface area contributed by atoms with E-state index in [1.54, 1.807) is 0 Å². The lowest BCUT2D eigenvalue weighted by molar-refractivity contribution is 0.169. The third-order valence-electron chi connectivity index (χ3n) is 5.62. The Balaban J connectivity index is 1.70. The molecule has 3 rings (SSSR count). The van der Waals surface area contributed by atoms with Crippen LogP contribution in [0.1, 0.15) is 86.8 Å². The number of rotatable bonds is 2. The van der Waals surface area contributed by atoms with Gasteiger partial charge in [-0.1, -0.05) is 20.8 Å². The van der Waals surface area contributed by atoms with E-state index < -0.39 is 0 Å². The van der Waals surface area contributed by atoms with Gasteiger partial charge in [-0.15, -0.1) is 11.3 Å². The molecule has 1 atom stereocenters. The second kappa shape index (κ2) is 6.00. The van der Waals surface area contributed by atoms with Crippen LogP contribution < -0.4 is 5.32 Å². The van der Waals surface area contributed by atoms with Gasteiger partial charge >= 0.3 is 0 Å². The fourth-order valence-corrected chi connectivity index (χ4v) is 5.52. The summed E-state index contributed by atoms with van der Waals surface area (Å²) in [6.07, 6.45) is 9.22. The van der Waals surface area contributed by atoms with Crippen molar-refractivity contribution in [2.45, 2.75) is 77.7 Å². The van der Waals surface area contributed by atoms with Crippen molar-refractivity contribution in [3.05, 3.63) is 15.6 Å². The molecule has 1 heterocycles. The summed E-state index contributed by atoms with van der Waals surface area (Å²) >= 11 is 2.01. The molecule has 1 N–H and O–H groups in total. The molecule has 0 saturated heterocycles. The molecule has 0 aliphatic heterocycles. The number of thiazole rings is 1. The Hall–Kier alpha value is -0.410. The van der Waals surface area contributed by atoms with Gasteiger partial charge in [0.2, 0.25) is 0 Å². The number of hydrogen-bond acceptors (Lipinski definition) is 3. The molecule has 2 aliphatic rings. The Morgan fingerprint density at radius 1 is 1.10 bits per heavy atom. The molecule has 0 amide bonds. The molecule has 21 heavy (non-hydrogen) atoms. The number of nitrogens with zero attached hydrogens (tertiary/aromatic N) is 1. The fraction of sp³-hybridized carbons (Fsp3) is 0.833. The highest BCUT2D eigenvalue weighted by Crippen LogP contribution is 2.45. The first-order chi connectivity index (χ1) is 9.99. The summed E-state index contributed by atoms with van der Waals surface area (Å²) in [6, 6.07) is 0.561. The van der Waals surface area contributed by atoms with E-state index in [1.165, 1.54) is 60.5 Å². The van der Waals surface area contributed by atoms with E-state index in [0.29, 0.717) is 11.5 Å². The molecule has 1 unspecified atom stereocenters. The Labute approximate surface area is 133 Å². The van der Waals surface area contributed by atoms with E-state index in [0.717, 1.165) is 11.8 Å². The zero-order valence-corrected chi connectivity index (χ0v) is 14.9. The highest BCUT2D eigenvalue weighted by atomic mass is 32.1. The van der Waals surface area contributed by atoms with Crippen LogP contribution in [0.2, 0.25) is 0 Å². The third-order valence-corrected chi connectivity index (χ3v) is 6.99. The van der Waals surface area contributed by atoms with Crippen molar-refractivity contribution in [2.75, 3.05) is 7.05 Å². The van der Waals surface area contributed by atoms with Gasteiger partial charge in [0, 0.05) is 16.8 Å². The molecule has 0 aromatic carbocycles. The zero-order valence-electron chi connectivity index (χ0n) is 14.0. The minimum atomic E-state index is 0.477. The Bertz CT molecular complexity index is 478. The topological polar surface area (TPSA) is 24.9 Å². The number of hydrogen-bond donors (Lipinski definition) is 1. The summed E-state index contributed by atoms with van der Waals surface area (Å²) in [5.74, 6) is 1.63. The van der Waals surface area contributed by atoms with Crippen LogP contribution in [0.25, 0.3) is 0 Å². The molecular formula is C18H30N2S. The maximum Gasteiger partial charge on any atom is 0.0962 e. The van der Waals surface area contributed by atoms with Crippen molar-refractivity contribution >= 4 is 11.3 Å². The lowest BCUT2D eigenvalue weighted by atomic mass is 9.70. The maximum absolute atomic E-state index is 5.04. The second-order valence-electron chi connectivity index (χ2n) is 8.01. The molecule has 1 fully saturated rings. The molecule has 2 nitrogen and oxygen atoms in total. The smallest absolute Gasteiger partial charge is 0.0962 e. The van der Waals surface area contributed by atoms with Gasteiger partial charge in [-0.05, 0) is 63.3 Å². The van der Waals surface area contributed by atoms with Crippen LogP contribution in [0.5, 0.6) is 0 Å². The van der Waals surface area contributed by atoms with Crippen LogP contribution in [0.15, 0.2) is 0 Å². The summed E-state index contributed by atoms with van der Waals surface area (Å²) < 4.78 is 0. The SMILES string of the molecule is CNC1CCCc2nc(C3CCC(C(C)(C)C)CC3)sc21. The number of fused-ring (bicyclic) bond motifs is 1. The van der Waals surface area contributed by atoms with Crippen LogP contribution in [-0.4, -0.2) is 12.0 Å². The lowest BCUT2D eigenvalue weighted by Gasteiger charge is -2.36. The number of nitrogens with one attached hydrogen (secondary N) is 1. The second-order valence-corrected chi connectivity index (χ2v) is 9.07. The lowest BCUT2D eigenvalue weighted by Crippen LogP contribution is -2.25. The van der Waals surface area contributed by atoms with Crippen molar-refractivity contribution in [3.8, 4) is 0 Å². The Morgan fingerprint density at radius 2 is 1.81 bits per heavy atom. The van der Waals surface area contributed by atoms with E-state index in [1.807, 2.05) is 11.3 Å². The van der Waals surface area contributed by atoms with Gasteiger partial charge in [-0.2, -0.15) is 0 Å². The molecule has 1 aromatic heterocycles. The zero-order chi connectivity index (χ0) is 15.0. The standard InChI is InChI=1S/C18H30N2S/c1-18(2,3)13-10-8-12(9-11-13)17-20-15-7-5-6-14(19-4)16(15)21-17/h12-14,19H,5-11H2,1-4H3. The molecule has 1 aromatic rings. The van der Waals surface area contributed by atoms with Gasteiger partial charge in [0.25, 0.3) is 0 Å². The third kappa shape index (κ3) is 3.19. The quantitative estimate of drug-likeness (QED) is 0.826. The van der Waals surface area contributed by atoms with E-state index in [4.69, 9.17) is 4.98 Å². The maximum atomic E-state index is 5.04. The van der Waals surface area contributed by atoms with Crippen molar-refractivity contribution in [1.29, 1.82) is 0 Å². The van der Waals surface area contributed by atoms with E-state index in [-0.39, 0.29) is 0 Å². The Morgan fingerprint density at radius 3 is 2.43 bits per heavy atom. The largest absolute Gasteiger partial charge is 0.312 e. The van der Waals surface area contributed by atoms with Gasteiger partial charge in [0.05, 0.1) is 10.7 Å². The predicted molar refractivity (Wildman–Crippen MR) is 91.0 cm³/mol. The van der Waals surface area contributed by atoms with Crippen LogP contribution in [-0.2, 0) is 6.42 Å². The summed E-state index contributed by atoms with van der Waals surface area (Å²) in [4.78, 5) is 6.58. The van der Waals surface area contributed by atoms with Crippen molar-refractivity contribution in [2.24, 2.45) is 11.3 Å². The van der Waals surface area contributed by atoms with Crippen molar-refractivity contribution in [1.82, 2.24) is 10.3 Å². The molecule has 0 bridgehead atoms. The minimum absolute atomic E-state index is 0.477. The summed E-state index contributed by atoms with van der Waals surface area (Å²) in [7, 11) is 2.09. The first kappa shape index (κ1) is 15.5. The first-order valence-corrected chi connectivity index (χ1v) is 9.47. The van der Waals surface area contributed by atoms with Crippen molar-refractivity contribution in [3.63, 3.8) is 0 Å². The van der Waals surface area contributed by atoms with Crippen LogP contribution in [0, 0.1) is 11.3 Å². The molecule has 0 radical (unpaired) electrons. The predicted octanol–water partition coefficient (Wildman–Crippen LogP) is 5.06. The Kier molecular flexibility index (Phi) is 4.42. The van der Waals surface area contributed by atoms with Crippen LogP contribution >= 0.6 is 11.3 Å².